The van der Waals surface area contributed by atoms with Gasteiger partial charge < -0.3 is 45.2 Å². The summed E-state index contributed by atoms with van der Waals surface area (Å²) in [5.41, 5.74) is 0.312. The van der Waals surface area contributed by atoms with Crippen LogP contribution in [0.5, 0.6) is 46.0 Å². The maximum atomic E-state index is 12.7. The predicted molar refractivity (Wildman–Crippen MR) is 107 cm³/mol. The zero-order valence-electron chi connectivity index (χ0n) is 16.3. The maximum absolute atomic E-state index is 12.7. The molecule has 1 aliphatic rings. The van der Waals surface area contributed by atoms with E-state index in [-0.39, 0.29) is 40.4 Å². The Balaban J connectivity index is 1.74. The SMILES string of the molecule is O=C(O[C@@H]1Cc2c(O)cc(O)cc2O[C@@H]1c1cc(O)c(O)c(O)c1)c1ccc(O)c(O)c1. The summed E-state index contributed by atoms with van der Waals surface area (Å²) in [6.45, 7) is 0. The molecule has 3 aromatic carbocycles. The van der Waals surface area contributed by atoms with Crippen molar-refractivity contribution in [1.82, 2.24) is 0 Å². The minimum Gasteiger partial charge on any atom is -0.508 e. The fourth-order valence-corrected chi connectivity index (χ4v) is 3.48. The lowest BCUT2D eigenvalue weighted by Crippen LogP contribution is -2.34. The van der Waals surface area contributed by atoms with Gasteiger partial charge in [0.2, 0.25) is 0 Å². The molecule has 0 aliphatic carbocycles. The molecule has 4 rings (SSSR count). The van der Waals surface area contributed by atoms with Crippen molar-refractivity contribution in [2.45, 2.75) is 18.6 Å². The van der Waals surface area contributed by atoms with Crippen LogP contribution in [0, 0.1) is 0 Å². The molecule has 0 unspecified atom stereocenters. The van der Waals surface area contributed by atoms with E-state index >= 15 is 0 Å². The van der Waals surface area contributed by atoms with Crippen molar-refractivity contribution in [1.29, 1.82) is 0 Å². The fourth-order valence-electron chi connectivity index (χ4n) is 3.48. The number of hydrogen-bond acceptors (Lipinski definition) is 10. The van der Waals surface area contributed by atoms with Gasteiger partial charge in [-0.05, 0) is 30.3 Å². The third kappa shape index (κ3) is 3.69. The number of fused-ring (bicyclic) bond motifs is 1. The van der Waals surface area contributed by atoms with Gasteiger partial charge in [-0.15, -0.1) is 0 Å². The first kappa shape index (κ1) is 20.8. The number of benzene rings is 3. The molecule has 0 amide bonds. The van der Waals surface area contributed by atoms with Gasteiger partial charge in [0.05, 0.1) is 5.56 Å². The second-order valence-electron chi connectivity index (χ2n) is 7.24. The summed E-state index contributed by atoms with van der Waals surface area (Å²) in [5, 5.41) is 68.5. The number of carbonyl (C=O) groups excluding carboxylic acids is 1. The lowest BCUT2D eigenvalue weighted by molar-refractivity contribution is -0.0189. The lowest BCUT2D eigenvalue weighted by atomic mass is 9.93. The summed E-state index contributed by atoms with van der Waals surface area (Å²) >= 11 is 0. The monoisotopic (exact) mass is 442 g/mol. The van der Waals surface area contributed by atoms with E-state index in [0.717, 1.165) is 30.3 Å². The highest BCUT2D eigenvalue weighted by atomic mass is 16.6. The standard InChI is InChI=1S/C22H18O10/c23-11-6-14(25)12-8-19(32-22(30)9-1-2-13(24)15(26)3-9)21(31-18(12)7-11)10-4-16(27)20(29)17(28)5-10/h1-7,19,21,23-29H,8H2/t19-,21-/m1/s1. The average molecular weight is 442 g/mol. The van der Waals surface area contributed by atoms with Crippen LogP contribution in [-0.2, 0) is 11.2 Å². The Morgan fingerprint density at radius 2 is 1.50 bits per heavy atom. The van der Waals surface area contributed by atoms with Gasteiger partial charge in [-0.3, -0.25) is 0 Å². The van der Waals surface area contributed by atoms with Gasteiger partial charge in [0.1, 0.15) is 23.4 Å². The molecule has 0 spiro atoms. The van der Waals surface area contributed by atoms with Crippen LogP contribution in [-0.4, -0.2) is 47.8 Å². The van der Waals surface area contributed by atoms with Gasteiger partial charge in [-0.1, -0.05) is 0 Å². The minimum atomic E-state index is -1.12. The van der Waals surface area contributed by atoms with E-state index in [9.17, 15) is 40.5 Å². The number of hydrogen-bond donors (Lipinski definition) is 7. The van der Waals surface area contributed by atoms with E-state index in [1.165, 1.54) is 12.1 Å². The van der Waals surface area contributed by atoms with E-state index < -0.39 is 46.9 Å². The van der Waals surface area contributed by atoms with Crippen molar-refractivity contribution in [3.8, 4) is 46.0 Å². The van der Waals surface area contributed by atoms with E-state index in [1.54, 1.807) is 0 Å². The highest BCUT2D eigenvalue weighted by molar-refractivity contribution is 5.90. The van der Waals surface area contributed by atoms with Crippen molar-refractivity contribution in [2.75, 3.05) is 0 Å². The summed E-state index contributed by atoms with van der Waals surface area (Å²) in [6.07, 6.45) is -2.27. The quantitative estimate of drug-likeness (QED) is 0.235. The van der Waals surface area contributed by atoms with E-state index in [2.05, 4.69) is 0 Å². The fraction of sp³-hybridized carbons (Fsp3) is 0.136. The molecular weight excluding hydrogens is 424 g/mol. The smallest absolute Gasteiger partial charge is 0.338 e. The summed E-state index contributed by atoms with van der Waals surface area (Å²) < 4.78 is 11.4. The first-order chi connectivity index (χ1) is 15.1. The predicted octanol–water partition coefficient (Wildman–Crippen LogP) is 2.53. The molecule has 0 aromatic heterocycles. The second kappa shape index (κ2) is 7.65. The zero-order valence-corrected chi connectivity index (χ0v) is 16.3. The highest BCUT2D eigenvalue weighted by Crippen LogP contribution is 2.45. The van der Waals surface area contributed by atoms with Gasteiger partial charge >= 0.3 is 5.97 Å². The van der Waals surface area contributed by atoms with E-state index in [1.807, 2.05) is 0 Å². The van der Waals surface area contributed by atoms with Gasteiger partial charge in [-0.25, -0.2) is 4.79 Å². The summed E-state index contributed by atoms with van der Waals surface area (Å²) in [5.74, 6) is -4.32. The Kier molecular flexibility index (Phi) is 4.97. The lowest BCUT2D eigenvalue weighted by Gasteiger charge is -2.34. The Morgan fingerprint density at radius 3 is 2.16 bits per heavy atom. The number of esters is 1. The van der Waals surface area contributed by atoms with E-state index in [0.29, 0.717) is 0 Å². The van der Waals surface area contributed by atoms with Crippen LogP contribution >= 0.6 is 0 Å². The van der Waals surface area contributed by atoms with E-state index in [4.69, 9.17) is 9.47 Å². The highest BCUT2D eigenvalue weighted by Gasteiger charge is 2.37. The zero-order chi connectivity index (χ0) is 23.2. The van der Waals surface area contributed by atoms with Crippen molar-refractivity contribution >= 4 is 5.97 Å². The Bertz CT molecular complexity index is 1200. The maximum Gasteiger partial charge on any atom is 0.338 e. The van der Waals surface area contributed by atoms with Crippen molar-refractivity contribution < 1.29 is 50.0 Å². The number of phenolic OH excluding ortho intramolecular Hbond substituents is 7. The Labute approximate surface area is 180 Å². The van der Waals surface area contributed by atoms with Gasteiger partial charge in [0.25, 0.3) is 0 Å². The summed E-state index contributed by atoms with van der Waals surface area (Å²) in [6, 6.07) is 7.92. The Morgan fingerprint density at radius 1 is 0.812 bits per heavy atom. The summed E-state index contributed by atoms with van der Waals surface area (Å²) in [7, 11) is 0. The van der Waals surface area contributed by atoms with Crippen LogP contribution < -0.4 is 4.74 Å². The molecule has 7 N–H and O–H groups in total. The van der Waals surface area contributed by atoms with Gasteiger partial charge in [0, 0.05) is 29.7 Å². The first-order valence-electron chi connectivity index (χ1n) is 9.33. The van der Waals surface area contributed by atoms with Gasteiger partial charge in [-0.2, -0.15) is 0 Å². The van der Waals surface area contributed by atoms with Crippen LogP contribution in [0.15, 0.2) is 42.5 Å². The number of ether oxygens (including phenoxy) is 2. The van der Waals surface area contributed by atoms with Crippen LogP contribution in [0.25, 0.3) is 0 Å². The number of rotatable bonds is 3. The molecule has 10 heteroatoms. The van der Waals surface area contributed by atoms with Crippen LogP contribution in [0.1, 0.15) is 27.6 Å². The summed E-state index contributed by atoms with van der Waals surface area (Å²) in [4.78, 5) is 12.7. The minimum absolute atomic E-state index is 0.0652. The largest absolute Gasteiger partial charge is 0.508 e. The van der Waals surface area contributed by atoms with Crippen molar-refractivity contribution in [2.24, 2.45) is 0 Å². The Hall–Kier alpha value is -4.47. The molecule has 32 heavy (non-hydrogen) atoms. The molecule has 0 radical (unpaired) electrons. The van der Waals surface area contributed by atoms with Crippen molar-refractivity contribution in [3.63, 3.8) is 0 Å². The number of phenols is 7. The molecule has 0 bridgehead atoms. The third-order valence-corrected chi connectivity index (χ3v) is 5.06. The van der Waals surface area contributed by atoms with Crippen LogP contribution in [0.4, 0.5) is 0 Å². The van der Waals surface area contributed by atoms with Crippen LogP contribution in [0.3, 0.4) is 0 Å². The molecule has 0 saturated carbocycles. The molecule has 2 atom stereocenters. The molecule has 1 aliphatic heterocycles. The average Bonchev–Trinajstić information content (AvgIpc) is 2.73. The molecule has 166 valence electrons. The molecule has 0 saturated heterocycles. The second-order valence-corrected chi connectivity index (χ2v) is 7.24. The molecule has 10 nitrogen and oxygen atoms in total. The normalized spacial score (nSPS) is 17.2. The van der Waals surface area contributed by atoms with Crippen molar-refractivity contribution in [3.05, 3.63) is 59.2 Å². The first-order valence-corrected chi connectivity index (χ1v) is 9.33. The van der Waals surface area contributed by atoms with Crippen LogP contribution in [0.2, 0.25) is 0 Å². The topological polar surface area (TPSA) is 177 Å². The molecule has 1 heterocycles. The number of aromatic hydroxyl groups is 7. The third-order valence-electron chi connectivity index (χ3n) is 5.06. The molecule has 3 aromatic rings. The molecule has 0 fully saturated rings. The molecular formula is C22H18O10. The number of carbonyl (C=O) groups is 1. The van der Waals surface area contributed by atoms with Gasteiger partial charge in [0.15, 0.2) is 34.9 Å².